The van der Waals surface area contributed by atoms with Crippen LogP contribution in [0.5, 0.6) is 0 Å². The van der Waals surface area contributed by atoms with Crippen LogP contribution in [0.25, 0.3) is 22.2 Å². The number of nitrogens with one attached hydrogen (secondary N) is 1. The van der Waals surface area contributed by atoms with Crippen molar-refractivity contribution >= 4 is 43.9 Å². The van der Waals surface area contributed by atoms with Gasteiger partial charge in [-0.15, -0.1) is 0 Å². The number of benzene rings is 2. The minimum Gasteiger partial charge on any atom is -0.383 e. The molecule has 0 unspecified atom stereocenters. The lowest BCUT2D eigenvalue weighted by atomic mass is 10.2. The molecule has 0 aliphatic carbocycles. The second kappa shape index (κ2) is 9.18. The van der Waals surface area contributed by atoms with Crippen molar-refractivity contribution in [2.24, 2.45) is 0 Å². The van der Waals surface area contributed by atoms with Gasteiger partial charge in [0.1, 0.15) is 23.0 Å². The van der Waals surface area contributed by atoms with Crippen LogP contribution in [0.2, 0.25) is 0 Å². The lowest BCUT2D eigenvalue weighted by Crippen LogP contribution is -2.23. The zero-order chi connectivity index (χ0) is 24.5. The van der Waals surface area contributed by atoms with E-state index < -0.39 is 15.9 Å². The molecular weight excluding hydrogens is 456 g/mol. The molecule has 1 N–H and O–H groups in total. The topological polar surface area (TPSA) is 130 Å². The molecule has 2 aromatic heterocycles. The number of anilines is 1. The lowest BCUT2D eigenvalue weighted by Gasteiger charge is -2.13. The van der Waals surface area contributed by atoms with Crippen LogP contribution in [0.3, 0.4) is 0 Å². The van der Waals surface area contributed by atoms with E-state index in [1.165, 1.54) is 38.4 Å². The summed E-state index contributed by atoms with van der Waals surface area (Å²) in [4.78, 5) is 22.4. The Morgan fingerprint density at radius 1 is 1.15 bits per heavy atom. The Labute approximate surface area is 196 Å². The van der Waals surface area contributed by atoms with Gasteiger partial charge in [0, 0.05) is 33.3 Å². The fourth-order valence-electron chi connectivity index (χ4n) is 3.52. The molecule has 0 saturated heterocycles. The number of methoxy groups -OCH3 is 1. The van der Waals surface area contributed by atoms with E-state index >= 15 is 0 Å². The number of hydrogen-bond acceptors (Lipinski definition) is 7. The third kappa shape index (κ3) is 4.10. The van der Waals surface area contributed by atoms with E-state index in [4.69, 9.17) is 4.74 Å². The van der Waals surface area contributed by atoms with Gasteiger partial charge in [0.05, 0.1) is 22.5 Å². The van der Waals surface area contributed by atoms with Gasteiger partial charge in [-0.25, -0.2) is 22.7 Å². The molecule has 2 heterocycles. The first-order valence-corrected chi connectivity index (χ1v) is 11.7. The second-order valence-corrected chi connectivity index (χ2v) is 9.79. The monoisotopic (exact) mass is 478 g/mol. The van der Waals surface area contributed by atoms with Gasteiger partial charge in [0.25, 0.3) is 5.91 Å². The van der Waals surface area contributed by atoms with Crippen LogP contribution in [0, 0.1) is 11.3 Å². The van der Waals surface area contributed by atoms with Gasteiger partial charge in [0.15, 0.2) is 5.65 Å². The molecule has 174 valence electrons. The molecule has 1 amide bonds. The molecule has 4 rings (SSSR count). The molecule has 0 aliphatic heterocycles. The zero-order valence-electron chi connectivity index (χ0n) is 18.8. The van der Waals surface area contributed by atoms with Crippen LogP contribution in [0.1, 0.15) is 15.9 Å². The first-order valence-electron chi connectivity index (χ1n) is 10.3. The highest BCUT2D eigenvalue weighted by Gasteiger charge is 2.24. The van der Waals surface area contributed by atoms with Crippen molar-refractivity contribution in [3.05, 3.63) is 59.7 Å². The van der Waals surface area contributed by atoms with Gasteiger partial charge in [-0.2, -0.15) is 5.26 Å². The number of carbonyl (C=O) groups excluding carboxylic acids is 1. The van der Waals surface area contributed by atoms with Crippen molar-refractivity contribution in [1.29, 1.82) is 5.26 Å². The molecule has 0 saturated carbocycles. The van der Waals surface area contributed by atoms with Crippen molar-refractivity contribution in [1.82, 2.24) is 18.8 Å². The highest BCUT2D eigenvalue weighted by atomic mass is 32.2. The number of amides is 1. The highest BCUT2D eigenvalue weighted by molar-refractivity contribution is 7.89. The maximum atomic E-state index is 13.2. The van der Waals surface area contributed by atoms with Crippen LogP contribution in [0.4, 0.5) is 5.82 Å². The number of hydrogen-bond donors (Lipinski definition) is 1. The molecular formula is C23H22N6O4S. The number of para-hydroxylation sites is 2. The highest BCUT2D eigenvalue weighted by Crippen LogP contribution is 2.30. The van der Waals surface area contributed by atoms with Crippen molar-refractivity contribution in [3.63, 3.8) is 0 Å². The summed E-state index contributed by atoms with van der Waals surface area (Å²) in [6.07, 6.45) is 0. The number of carbonyl (C=O) groups is 1. The summed E-state index contributed by atoms with van der Waals surface area (Å²) in [6, 6.07) is 15.1. The Morgan fingerprint density at radius 3 is 2.50 bits per heavy atom. The number of sulfonamides is 1. The van der Waals surface area contributed by atoms with Gasteiger partial charge in [-0.1, -0.05) is 18.2 Å². The van der Waals surface area contributed by atoms with Crippen molar-refractivity contribution in [3.8, 4) is 6.07 Å². The number of nitriles is 1. The Balaban J connectivity index is 1.83. The normalized spacial score (nSPS) is 11.7. The second-order valence-electron chi connectivity index (χ2n) is 7.63. The first kappa shape index (κ1) is 23.3. The van der Waals surface area contributed by atoms with E-state index in [1.54, 1.807) is 17.7 Å². The van der Waals surface area contributed by atoms with E-state index in [1.807, 2.05) is 18.2 Å². The molecule has 0 fully saturated rings. The molecule has 0 spiro atoms. The molecule has 0 aliphatic rings. The summed E-state index contributed by atoms with van der Waals surface area (Å²) >= 11 is 0. The van der Waals surface area contributed by atoms with Gasteiger partial charge in [-0.3, -0.25) is 4.79 Å². The molecule has 10 nitrogen and oxygen atoms in total. The summed E-state index contributed by atoms with van der Waals surface area (Å²) in [5.74, 6) is -0.353. The fourth-order valence-corrected chi connectivity index (χ4v) is 4.47. The Morgan fingerprint density at radius 2 is 1.85 bits per heavy atom. The quantitative estimate of drug-likeness (QED) is 0.432. The predicted octanol–water partition coefficient (Wildman–Crippen LogP) is 2.61. The summed E-state index contributed by atoms with van der Waals surface area (Å²) in [5.41, 5.74) is 2.35. The van der Waals surface area contributed by atoms with Crippen LogP contribution in [-0.2, 0) is 21.3 Å². The van der Waals surface area contributed by atoms with Crippen LogP contribution in [0.15, 0.2) is 53.4 Å². The molecule has 34 heavy (non-hydrogen) atoms. The minimum atomic E-state index is -3.72. The Hall–Kier alpha value is -3.85. The van der Waals surface area contributed by atoms with Gasteiger partial charge < -0.3 is 14.6 Å². The van der Waals surface area contributed by atoms with E-state index in [0.717, 1.165) is 4.31 Å². The lowest BCUT2D eigenvalue weighted by molar-refractivity contribution is 0.102. The smallest absolute Gasteiger partial charge is 0.256 e. The average Bonchev–Trinajstić information content (AvgIpc) is 3.11. The van der Waals surface area contributed by atoms with Crippen molar-refractivity contribution in [2.45, 2.75) is 11.4 Å². The van der Waals surface area contributed by atoms with Crippen molar-refractivity contribution < 1.29 is 17.9 Å². The largest absolute Gasteiger partial charge is 0.383 e. The first-order chi connectivity index (χ1) is 16.3. The Bertz CT molecular complexity index is 1550. The number of aromatic nitrogens is 3. The van der Waals surface area contributed by atoms with E-state index in [-0.39, 0.29) is 21.8 Å². The standard InChI is InChI=1S/C23H22N6O4S/c1-28(2)34(31,32)16-8-6-7-15(13-16)23(30)27-21-17(14-24)20-22(29(21)11-12-33-3)26-19-10-5-4-9-18(19)25-20/h4-10,13H,11-12H2,1-3H3,(H,27,30). The summed E-state index contributed by atoms with van der Waals surface area (Å²) in [6.45, 7) is 0.620. The molecule has 11 heteroatoms. The SMILES string of the molecule is COCCn1c(NC(=O)c2cccc(S(=O)(=O)N(C)C)c2)c(C#N)c2nc3ccccc3nc21. The number of rotatable bonds is 7. The predicted molar refractivity (Wildman–Crippen MR) is 127 cm³/mol. The molecule has 0 radical (unpaired) electrons. The molecule has 0 atom stereocenters. The summed E-state index contributed by atoms with van der Waals surface area (Å²) in [5, 5.41) is 12.7. The number of ether oxygens (including phenoxy) is 1. The third-order valence-corrected chi connectivity index (χ3v) is 7.10. The minimum absolute atomic E-state index is 0.0137. The summed E-state index contributed by atoms with van der Waals surface area (Å²) in [7, 11) is 0.658. The fraction of sp³-hybridized carbons (Fsp3) is 0.217. The van der Waals surface area contributed by atoms with Crippen LogP contribution >= 0.6 is 0 Å². The summed E-state index contributed by atoms with van der Waals surface area (Å²) < 4.78 is 32.9. The van der Waals surface area contributed by atoms with E-state index in [0.29, 0.717) is 35.3 Å². The number of fused-ring (bicyclic) bond motifs is 2. The number of nitrogens with zero attached hydrogens (tertiary/aromatic N) is 5. The van der Waals surface area contributed by atoms with Gasteiger partial charge in [-0.05, 0) is 30.3 Å². The van der Waals surface area contributed by atoms with Crippen LogP contribution in [-0.4, -0.2) is 61.0 Å². The van der Waals surface area contributed by atoms with Gasteiger partial charge >= 0.3 is 0 Å². The molecule has 4 aromatic rings. The zero-order valence-corrected chi connectivity index (χ0v) is 19.6. The van der Waals surface area contributed by atoms with E-state index in [9.17, 15) is 18.5 Å². The maximum absolute atomic E-state index is 13.2. The molecule has 0 bridgehead atoms. The maximum Gasteiger partial charge on any atom is 0.256 e. The van der Waals surface area contributed by atoms with Gasteiger partial charge in [0.2, 0.25) is 10.0 Å². The molecule has 2 aromatic carbocycles. The van der Waals surface area contributed by atoms with Crippen LogP contribution < -0.4 is 5.32 Å². The third-order valence-electron chi connectivity index (χ3n) is 5.29. The average molecular weight is 479 g/mol. The van der Waals surface area contributed by atoms with Crippen molar-refractivity contribution in [2.75, 3.05) is 33.1 Å². The Kier molecular flexibility index (Phi) is 6.30. The van der Waals surface area contributed by atoms with E-state index in [2.05, 4.69) is 21.4 Å².